The molecule has 1 atom stereocenters. The molecule has 0 saturated carbocycles. The second-order valence-corrected chi connectivity index (χ2v) is 5.03. The largest absolute Gasteiger partial charge is 0.398 e. The first-order valence-electron chi connectivity index (χ1n) is 5.78. The van der Waals surface area contributed by atoms with E-state index in [1.54, 1.807) is 18.2 Å². The molecular formula is C15H16ClNO. The normalized spacial score (nSPS) is 12.4. The summed E-state index contributed by atoms with van der Waals surface area (Å²) in [4.78, 5) is 0. The first-order valence-corrected chi connectivity index (χ1v) is 6.16. The summed E-state index contributed by atoms with van der Waals surface area (Å²) < 4.78 is 0. The third-order valence-corrected chi connectivity index (χ3v) is 3.14. The molecule has 0 fully saturated rings. The van der Waals surface area contributed by atoms with E-state index in [9.17, 15) is 5.11 Å². The quantitative estimate of drug-likeness (QED) is 0.811. The fourth-order valence-electron chi connectivity index (χ4n) is 2.14. The van der Waals surface area contributed by atoms with Crippen LogP contribution in [0.3, 0.4) is 0 Å². The van der Waals surface area contributed by atoms with Gasteiger partial charge in [-0.3, -0.25) is 0 Å². The Morgan fingerprint density at radius 1 is 1.06 bits per heavy atom. The van der Waals surface area contributed by atoms with E-state index >= 15 is 0 Å². The van der Waals surface area contributed by atoms with Gasteiger partial charge in [-0.2, -0.15) is 0 Å². The molecule has 0 aliphatic heterocycles. The number of hydrogen-bond donors (Lipinski definition) is 2. The lowest BCUT2D eigenvalue weighted by Gasteiger charge is -2.15. The molecule has 2 rings (SSSR count). The monoisotopic (exact) mass is 261 g/mol. The summed E-state index contributed by atoms with van der Waals surface area (Å²) in [5.41, 5.74) is 10.2. The number of benzene rings is 2. The van der Waals surface area contributed by atoms with Gasteiger partial charge in [0.25, 0.3) is 0 Å². The molecule has 0 aliphatic rings. The van der Waals surface area contributed by atoms with E-state index < -0.39 is 6.10 Å². The molecule has 0 amide bonds. The van der Waals surface area contributed by atoms with Crippen molar-refractivity contribution in [2.24, 2.45) is 0 Å². The number of hydrogen-bond acceptors (Lipinski definition) is 2. The Kier molecular flexibility index (Phi) is 3.60. The average molecular weight is 262 g/mol. The van der Waals surface area contributed by atoms with Gasteiger partial charge in [-0.05, 0) is 31.5 Å². The van der Waals surface area contributed by atoms with Crippen LogP contribution in [0.2, 0.25) is 5.02 Å². The van der Waals surface area contributed by atoms with Crippen LogP contribution in [0.15, 0.2) is 36.4 Å². The highest BCUT2D eigenvalue weighted by Crippen LogP contribution is 2.29. The maximum absolute atomic E-state index is 10.4. The van der Waals surface area contributed by atoms with Crippen LogP contribution in [-0.2, 0) is 0 Å². The van der Waals surface area contributed by atoms with Gasteiger partial charge in [0, 0.05) is 16.3 Å². The zero-order valence-electron chi connectivity index (χ0n) is 10.4. The molecule has 0 spiro atoms. The minimum Gasteiger partial charge on any atom is -0.398 e. The summed E-state index contributed by atoms with van der Waals surface area (Å²) in [7, 11) is 0. The molecule has 2 aromatic rings. The van der Waals surface area contributed by atoms with Crippen molar-refractivity contribution in [3.63, 3.8) is 0 Å². The third-order valence-electron chi connectivity index (χ3n) is 2.90. The SMILES string of the molecule is Cc1cc(C)cc(C(O)c2ccc(Cl)cc2N)c1. The number of aliphatic hydroxyl groups excluding tert-OH is 1. The summed E-state index contributed by atoms with van der Waals surface area (Å²) in [6.45, 7) is 4.02. The number of nitrogens with two attached hydrogens (primary N) is 1. The molecule has 2 aromatic carbocycles. The van der Waals surface area contributed by atoms with Crippen molar-refractivity contribution in [2.45, 2.75) is 20.0 Å². The third kappa shape index (κ3) is 2.66. The predicted octanol–water partition coefficient (Wildman–Crippen LogP) is 3.62. The van der Waals surface area contributed by atoms with Crippen LogP contribution in [0.1, 0.15) is 28.4 Å². The van der Waals surface area contributed by atoms with Gasteiger partial charge in [0.1, 0.15) is 6.10 Å². The Labute approximate surface area is 112 Å². The van der Waals surface area contributed by atoms with Crippen LogP contribution in [0.25, 0.3) is 0 Å². The number of halogens is 1. The van der Waals surface area contributed by atoms with Crippen molar-refractivity contribution >= 4 is 17.3 Å². The number of anilines is 1. The molecule has 94 valence electrons. The van der Waals surface area contributed by atoms with Crippen LogP contribution in [0.4, 0.5) is 5.69 Å². The maximum Gasteiger partial charge on any atom is 0.106 e. The second kappa shape index (κ2) is 5.01. The van der Waals surface area contributed by atoms with Gasteiger partial charge in [-0.1, -0.05) is 47.0 Å². The predicted molar refractivity (Wildman–Crippen MR) is 75.8 cm³/mol. The summed E-state index contributed by atoms with van der Waals surface area (Å²) >= 11 is 5.86. The highest BCUT2D eigenvalue weighted by atomic mass is 35.5. The molecule has 0 aromatic heterocycles. The Morgan fingerprint density at radius 2 is 1.67 bits per heavy atom. The van der Waals surface area contributed by atoms with E-state index in [1.165, 1.54) is 0 Å². The molecule has 1 unspecified atom stereocenters. The lowest BCUT2D eigenvalue weighted by Crippen LogP contribution is -2.04. The van der Waals surface area contributed by atoms with Gasteiger partial charge in [0.05, 0.1) is 0 Å². The molecule has 18 heavy (non-hydrogen) atoms. The van der Waals surface area contributed by atoms with Gasteiger partial charge < -0.3 is 10.8 Å². The van der Waals surface area contributed by atoms with Crippen molar-refractivity contribution in [2.75, 3.05) is 5.73 Å². The molecular weight excluding hydrogens is 246 g/mol. The molecule has 0 heterocycles. The molecule has 0 radical (unpaired) electrons. The van der Waals surface area contributed by atoms with E-state index in [-0.39, 0.29) is 0 Å². The lowest BCUT2D eigenvalue weighted by molar-refractivity contribution is 0.221. The molecule has 2 nitrogen and oxygen atoms in total. The highest BCUT2D eigenvalue weighted by molar-refractivity contribution is 6.30. The van der Waals surface area contributed by atoms with Gasteiger partial charge in [-0.25, -0.2) is 0 Å². The van der Waals surface area contributed by atoms with E-state index in [1.807, 2.05) is 26.0 Å². The summed E-state index contributed by atoms with van der Waals surface area (Å²) in [6.07, 6.45) is -0.721. The second-order valence-electron chi connectivity index (χ2n) is 4.60. The maximum atomic E-state index is 10.4. The molecule has 3 heteroatoms. The van der Waals surface area contributed by atoms with Crippen LogP contribution < -0.4 is 5.73 Å². The lowest BCUT2D eigenvalue weighted by atomic mass is 9.97. The summed E-state index contributed by atoms with van der Waals surface area (Å²) in [5.74, 6) is 0. The van der Waals surface area contributed by atoms with Gasteiger partial charge in [0.2, 0.25) is 0 Å². The molecule has 0 bridgehead atoms. The van der Waals surface area contributed by atoms with E-state index in [2.05, 4.69) is 6.07 Å². The number of nitrogen functional groups attached to an aromatic ring is 1. The van der Waals surface area contributed by atoms with Crippen LogP contribution in [0.5, 0.6) is 0 Å². The van der Waals surface area contributed by atoms with Crippen LogP contribution >= 0.6 is 11.6 Å². The van der Waals surface area contributed by atoms with Crippen molar-refractivity contribution in [1.29, 1.82) is 0 Å². The summed E-state index contributed by atoms with van der Waals surface area (Å²) in [6, 6.07) is 11.2. The zero-order valence-corrected chi connectivity index (χ0v) is 11.2. The van der Waals surface area contributed by atoms with Crippen LogP contribution in [0, 0.1) is 13.8 Å². The van der Waals surface area contributed by atoms with Crippen molar-refractivity contribution in [1.82, 2.24) is 0 Å². The minimum absolute atomic E-state index is 0.508. The Hall–Kier alpha value is -1.51. The highest BCUT2D eigenvalue weighted by Gasteiger charge is 2.14. The first-order chi connectivity index (χ1) is 8.47. The molecule has 0 saturated heterocycles. The fourth-order valence-corrected chi connectivity index (χ4v) is 2.32. The fraction of sp³-hybridized carbons (Fsp3) is 0.200. The van der Waals surface area contributed by atoms with E-state index in [4.69, 9.17) is 17.3 Å². The molecule has 3 N–H and O–H groups in total. The zero-order chi connectivity index (χ0) is 13.3. The van der Waals surface area contributed by atoms with Gasteiger partial charge in [-0.15, -0.1) is 0 Å². The summed E-state index contributed by atoms with van der Waals surface area (Å²) in [5, 5.41) is 11.0. The smallest absolute Gasteiger partial charge is 0.106 e. The van der Waals surface area contributed by atoms with E-state index in [0.29, 0.717) is 16.3 Å². The minimum atomic E-state index is -0.721. The number of rotatable bonds is 2. The Morgan fingerprint density at radius 3 is 2.22 bits per heavy atom. The van der Waals surface area contributed by atoms with Gasteiger partial charge >= 0.3 is 0 Å². The Bertz CT molecular complexity index is 560. The van der Waals surface area contributed by atoms with Crippen molar-refractivity contribution in [3.05, 3.63) is 63.7 Å². The van der Waals surface area contributed by atoms with Gasteiger partial charge in [0.15, 0.2) is 0 Å². The first kappa shape index (κ1) is 12.9. The van der Waals surface area contributed by atoms with E-state index in [0.717, 1.165) is 16.7 Å². The average Bonchev–Trinajstić information content (AvgIpc) is 2.26. The van der Waals surface area contributed by atoms with Crippen molar-refractivity contribution in [3.8, 4) is 0 Å². The number of aryl methyl sites for hydroxylation is 2. The van der Waals surface area contributed by atoms with Crippen LogP contribution in [-0.4, -0.2) is 5.11 Å². The number of aliphatic hydroxyl groups is 1. The molecule has 0 aliphatic carbocycles. The standard InChI is InChI=1S/C15H16ClNO/c1-9-5-10(2)7-11(6-9)15(18)13-4-3-12(16)8-14(13)17/h3-8,15,18H,17H2,1-2H3. The topological polar surface area (TPSA) is 46.2 Å². The van der Waals surface area contributed by atoms with Crippen molar-refractivity contribution < 1.29 is 5.11 Å². The Balaban J connectivity index is 2.44.